The zero-order valence-electron chi connectivity index (χ0n) is 11.6. The van der Waals surface area contributed by atoms with Crippen LogP contribution in [0.15, 0.2) is 42.5 Å². The molecule has 1 N–H and O–H groups in total. The number of halogens is 1. The Morgan fingerprint density at radius 1 is 1.05 bits per heavy atom. The molecule has 5 heteroatoms. The van der Waals surface area contributed by atoms with Crippen LogP contribution >= 0.6 is 0 Å². The lowest BCUT2D eigenvalue weighted by Gasteiger charge is -2.07. The third kappa shape index (κ3) is 3.66. The number of rotatable bonds is 4. The maximum atomic E-state index is 13.4. The van der Waals surface area contributed by atoms with Gasteiger partial charge in [-0.1, -0.05) is 0 Å². The molecule has 0 spiro atoms. The standard InChI is InChI=1S/C16H14FNO3/c1-10(19)11-3-5-15(6-4-11)21-16(20)12-7-13(17)9-14(8-12)18-2/h3-9,18H,1-2H3. The van der Waals surface area contributed by atoms with Crippen LogP contribution in [-0.4, -0.2) is 18.8 Å². The third-order valence-corrected chi connectivity index (χ3v) is 2.89. The molecule has 0 saturated carbocycles. The molecule has 0 saturated heterocycles. The zero-order chi connectivity index (χ0) is 15.4. The number of Topliss-reactive ketones (excluding diaryl/α,β-unsaturated/α-hetero) is 1. The number of hydrogen-bond acceptors (Lipinski definition) is 4. The lowest BCUT2D eigenvalue weighted by molar-refractivity contribution is 0.0734. The van der Waals surface area contributed by atoms with Gasteiger partial charge in [-0.25, -0.2) is 9.18 Å². The first-order valence-corrected chi connectivity index (χ1v) is 6.31. The molecule has 0 heterocycles. The Morgan fingerprint density at radius 2 is 1.71 bits per heavy atom. The third-order valence-electron chi connectivity index (χ3n) is 2.89. The molecule has 0 aliphatic heterocycles. The Morgan fingerprint density at radius 3 is 2.29 bits per heavy atom. The van der Waals surface area contributed by atoms with Gasteiger partial charge in [-0.15, -0.1) is 0 Å². The lowest BCUT2D eigenvalue weighted by atomic mass is 10.1. The number of esters is 1. The van der Waals surface area contributed by atoms with Gasteiger partial charge < -0.3 is 10.1 Å². The van der Waals surface area contributed by atoms with Gasteiger partial charge in [0.15, 0.2) is 5.78 Å². The van der Waals surface area contributed by atoms with Crippen molar-refractivity contribution >= 4 is 17.4 Å². The van der Waals surface area contributed by atoms with Gasteiger partial charge in [-0.2, -0.15) is 0 Å². The minimum atomic E-state index is -0.665. The average Bonchev–Trinajstić information content (AvgIpc) is 2.47. The summed E-state index contributed by atoms with van der Waals surface area (Å²) in [5, 5.41) is 2.76. The van der Waals surface area contributed by atoms with E-state index in [-0.39, 0.29) is 11.3 Å². The largest absolute Gasteiger partial charge is 0.423 e. The van der Waals surface area contributed by atoms with Crippen molar-refractivity contribution in [3.05, 3.63) is 59.4 Å². The van der Waals surface area contributed by atoms with E-state index in [4.69, 9.17) is 4.74 Å². The molecule has 0 aromatic heterocycles. The average molecular weight is 287 g/mol. The van der Waals surface area contributed by atoms with Gasteiger partial charge >= 0.3 is 5.97 Å². The minimum Gasteiger partial charge on any atom is -0.423 e. The molecule has 2 rings (SSSR count). The first-order chi connectivity index (χ1) is 9.99. The fourth-order valence-electron chi connectivity index (χ4n) is 1.78. The normalized spacial score (nSPS) is 10.0. The molecule has 0 unspecified atom stereocenters. The van der Waals surface area contributed by atoms with Crippen molar-refractivity contribution in [3.63, 3.8) is 0 Å². The number of benzene rings is 2. The lowest BCUT2D eigenvalue weighted by Crippen LogP contribution is -2.09. The smallest absolute Gasteiger partial charge is 0.343 e. The highest BCUT2D eigenvalue weighted by atomic mass is 19.1. The van der Waals surface area contributed by atoms with Crippen molar-refractivity contribution in [2.45, 2.75) is 6.92 Å². The molecular formula is C16H14FNO3. The number of nitrogens with one attached hydrogen (secondary N) is 1. The first-order valence-electron chi connectivity index (χ1n) is 6.31. The topological polar surface area (TPSA) is 55.4 Å². The van der Waals surface area contributed by atoms with Gasteiger partial charge in [0, 0.05) is 18.3 Å². The van der Waals surface area contributed by atoms with Crippen LogP contribution in [0.3, 0.4) is 0 Å². The summed E-state index contributed by atoms with van der Waals surface area (Å²) in [5.41, 5.74) is 1.11. The summed E-state index contributed by atoms with van der Waals surface area (Å²) in [6.45, 7) is 1.45. The SMILES string of the molecule is CNc1cc(F)cc(C(=O)Oc2ccc(C(C)=O)cc2)c1. The molecule has 2 aromatic carbocycles. The molecule has 21 heavy (non-hydrogen) atoms. The van der Waals surface area contributed by atoms with Gasteiger partial charge in [0.25, 0.3) is 0 Å². The van der Waals surface area contributed by atoms with Crippen molar-refractivity contribution in [1.82, 2.24) is 0 Å². The second-order valence-corrected chi connectivity index (χ2v) is 4.45. The van der Waals surface area contributed by atoms with Crippen LogP contribution in [0.1, 0.15) is 27.6 Å². The van der Waals surface area contributed by atoms with E-state index in [1.807, 2.05) is 0 Å². The van der Waals surface area contributed by atoms with Gasteiger partial charge in [-0.3, -0.25) is 4.79 Å². The number of carbonyl (C=O) groups excluding carboxylic acids is 2. The summed E-state index contributed by atoms with van der Waals surface area (Å²) in [6, 6.07) is 10.0. The molecule has 0 aliphatic carbocycles. The zero-order valence-corrected chi connectivity index (χ0v) is 11.6. The highest BCUT2D eigenvalue weighted by Crippen LogP contribution is 2.18. The second kappa shape index (κ2) is 6.17. The van der Waals surface area contributed by atoms with Crippen LogP contribution in [0.25, 0.3) is 0 Å². The summed E-state index contributed by atoms with van der Waals surface area (Å²) in [5.74, 6) is -0.973. The number of ether oxygens (including phenoxy) is 1. The molecule has 0 amide bonds. The van der Waals surface area contributed by atoms with Crippen LogP contribution in [0.2, 0.25) is 0 Å². The molecule has 2 aromatic rings. The summed E-state index contributed by atoms with van der Waals surface area (Å²) in [4.78, 5) is 23.1. The van der Waals surface area contributed by atoms with Crippen molar-refractivity contribution in [3.8, 4) is 5.75 Å². The van der Waals surface area contributed by atoms with Crippen molar-refractivity contribution < 1.29 is 18.7 Å². The Hall–Kier alpha value is -2.69. The summed E-state index contributed by atoms with van der Waals surface area (Å²) in [6.07, 6.45) is 0. The number of ketones is 1. The maximum Gasteiger partial charge on any atom is 0.343 e. The maximum absolute atomic E-state index is 13.4. The van der Waals surface area contributed by atoms with Gasteiger partial charge in [-0.05, 0) is 49.4 Å². The Labute approximate surface area is 121 Å². The predicted molar refractivity (Wildman–Crippen MR) is 77.4 cm³/mol. The molecule has 4 nitrogen and oxygen atoms in total. The summed E-state index contributed by atoms with van der Waals surface area (Å²) in [7, 11) is 1.63. The monoisotopic (exact) mass is 287 g/mol. The van der Waals surface area contributed by atoms with Gasteiger partial charge in [0.2, 0.25) is 0 Å². The van der Waals surface area contributed by atoms with Crippen molar-refractivity contribution in [1.29, 1.82) is 0 Å². The summed E-state index contributed by atoms with van der Waals surface area (Å²) < 4.78 is 18.5. The molecule has 0 aliphatic rings. The second-order valence-electron chi connectivity index (χ2n) is 4.45. The minimum absolute atomic E-state index is 0.0725. The van der Waals surface area contributed by atoms with Crippen molar-refractivity contribution in [2.75, 3.05) is 12.4 Å². The Kier molecular flexibility index (Phi) is 4.33. The van der Waals surface area contributed by atoms with Crippen molar-refractivity contribution in [2.24, 2.45) is 0 Å². The van der Waals surface area contributed by atoms with Crippen LogP contribution in [0, 0.1) is 5.82 Å². The first kappa shape index (κ1) is 14.7. The molecule has 0 radical (unpaired) electrons. The van der Waals surface area contributed by atoms with E-state index < -0.39 is 11.8 Å². The van der Waals surface area contributed by atoms with Crippen LogP contribution in [-0.2, 0) is 0 Å². The molecule has 108 valence electrons. The van der Waals surface area contributed by atoms with E-state index in [9.17, 15) is 14.0 Å². The molecule has 0 bridgehead atoms. The van der Waals surface area contributed by atoms with E-state index in [1.54, 1.807) is 19.2 Å². The summed E-state index contributed by atoms with van der Waals surface area (Å²) >= 11 is 0. The molecule has 0 fully saturated rings. The number of hydrogen-bond donors (Lipinski definition) is 1. The van der Waals surface area contributed by atoms with E-state index in [0.29, 0.717) is 17.0 Å². The van der Waals surface area contributed by atoms with E-state index in [0.717, 1.165) is 6.07 Å². The fraction of sp³-hybridized carbons (Fsp3) is 0.125. The van der Waals surface area contributed by atoms with Crippen LogP contribution < -0.4 is 10.1 Å². The van der Waals surface area contributed by atoms with E-state index in [2.05, 4.69) is 5.32 Å². The highest BCUT2D eigenvalue weighted by Gasteiger charge is 2.11. The fourth-order valence-corrected chi connectivity index (χ4v) is 1.78. The Balaban J connectivity index is 2.17. The van der Waals surface area contributed by atoms with Crippen LogP contribution in [0.4, 0.5) is 10.1 Å². The van der Waals surface area contributed by atoms with Gasteiger partial charge in [0.05, 0.1) is 5.56 Å². The Bertz CT molecular complexity index is 680. The molecular weight excluding hydrogens is 273 g/mol. The molecule has 0 atom stereocenters. The van der Waals surface area contributed by atoms with Gasteiger partial charge in [0.1, 0.15) is 11.6 Å². The van der Waals surface area contributed by atoms with E-state index in [1.165, 1.54) is 31.2 Å². The van der Waals surface area contributed by atoms with Crippen LogP contribution in [0.5, 0.6) is 5.75 Å². The number of carbonyl (C=O) groups is 2. The quantitative estimate of drug-likeness (QED) is 0.532. The number of anilines is 1. The van der Waals surface area contributed by atoms with E-state index >= 15 is 0 Å². The predicted octanol–water partition coefficient (Wildman–Crippen LogP) is 3.29. The highest BCUT2D eigenvalue weighted by molar-refractivity contribution is 5.94.